The highest BCUT2D eigenvalue weighted by atomic mass is 16.2. The van der Waals surface area contributed by atoms with Crippen molar-refractivity contribution >= 4 is 5.91 Å². The molecule has 2 aromatic heterocycles. The lowest BCUT2D eigenvalue weighted by Crippen LogP contribution is -2.28. The SMILES string of the molecule is Cc1ccccc1-n1nc(C(=O)NC(C)c2ccn[nH]2)c2c1CCC2. The monoisotopic (exact) mass is 335 g/mol. The molecule has 1 aromatic carbocycles. The molecule has 0 aliphatic heterocycles. The summed E-state index contributed by atoms with van der Waals surface area (Å²) < 4.78 is 1.95. The van der Waals surface area contributed by atoms with Crippen molar-refractivity contribution < 1.29 is 4.79 Å². The van der Waals surface area contributed by atoms with Gasteiger partial charge >= 0.3 is 0 Å². The normalized spacial score (nSPS) is 14.3. The maximum absolute atomic E-state index is 12.8. The zero-order valence-electron chi connectivity index (χ0n) is 14.4. The van der Waals surface area contributed by atoms with Gasteiger partial charge in [-0.25, -0.2) is 4.68 Å². The Morgan fingerprint density at radius 3 is 2.88 bits per heavy atom. The van der Waals surface area contributed by atoms with Crippen molar-refractivity contribution in [3.05, 3.63) is 64.7 Å². The fraction of sp³-hybridized carbons (Fsp3) is 0.316. The lowest BCUT2D eigenvalue weighted by Gasteiger charge is -2.11. The molecule has 6 nitrogen and oxygen atoms in total. The Kier molecular flexibility index (Phi) is 3.87. The maximum atomic E-state index is 12.8. The van der Waals surface area contributed by atoms with E-state index in [0.717, 1.165) is 47.5 Å². The summed E-state index contributed by atoms with van der Waals surface area (Å²) in [6.45, 7) is 4.00. The molecular formula is C19H21N5O. The minimum atomic E-state index is -0.143. The predicted octanol–water partition coefficient (Wildman–Crippen LogP) is 2.88. The van der Waals surface area contributed by atoms with Crippen LogP contribution in [0.2, 0.25) is 0 Å². The molecule has 0 spiro atoms. The predicted molar refractivity (Wildman–Crippen MR) is 94.8 cm³/mol. The average molecular weight is 335 g/mol. The van der Waals surface area contributed by atoms with E-state index < -0.39 is 0 Å². The van der Waals surface area contributed by atoms with Gasteiger partial charge in [-0.2, -0.15) is 10.2 Å². The van der Waals surface area contributed by atoms with Crippen LogP contribution in [0.1, 0.15) is 52.4 Å². The van der Waals surface area contributed by atoms with Crippen molar-refractivity contribution in [2.75, 3.05) is 0 Å². The Morgan fingerprint density at radius 1 is 1.28 bits per heavy atom. The lowest BCUT2D eigenvalue weighted by molar-refractivity contribution is 0.0932. The van der Waals surface area contributed by atoms with Crippen LogP contribution in [0.25, 0.3) is 5.69 Å². The van der Waals surface area contributed by atoms with E-state index in [2.05, 4.69) is 39.7 Å². The molecular weight excluding hydrogens is 314 g/mol. The Bertz CT molecular complexity index is 910. The van der Waals surface area contributed by atoms with E-state index in [0.29, 0.717) is 5.69 Å². The highest BCUT2D eigenvalue weighted by Crippen LogP contribution is 2.29. The van der Waals surface area contributed by atoms with E-state index in [1.54, 1.807) is 6.20 Å². The second kappa shape index (κ2) is 6.20. The summed E-state index contributed by atoms with van der Waals surface area (Å²) in [5, 5.41) is 14.5. The van der Waals surface area contributed by atoms with Crippen LogP contribution < -0.4 is 5.32 Å². The van der Waals surface area contributed by atoms with Crippen molar-refractivity contribution in [3.63, 3.8) is 0 Å². The van der Waals surface area contributed by atoms with Crippen LogP contribution in [0.5, 0.6) is 0 Å². The number of nitrogens with zero attached hydrogens (tertiary/aromatic N) is 3. The van der Waals surface area contributed by atoms with Crippen LogP contribution in [0.4, 0.5) is 0 Å². The smallest absolute Gasteiger partial charge is 0.272 e. The molecule has 1 unspecified atom stereocenters. The van der Waals surface area contributed by atoms with Crippen molar-refractivity contribution in [3.8, 4) is 5.69 Å². The Balaban J connectivity index is 1.68. The van der Waals surface area contributed by atoms with Gasteiger partial charge in [0, 0.05) is 17.5 Å². The summed E-state index contributed by atoms with van der Waals surface area (Å²) in [7, 11) is 0. The minimum absolute atomic E-state index is 0.132. The third kappa shape index (κ3) is 2.73. The first kappa shape index (κ1) is 15.6. The fourth-order valence-corrected chi connectivity index (χ4v) is 3.47. The second-order valence-corrected chi connectivity index (χ2v) is 6.53. The number of carbonyl (C=O) groups is 1. The van der Waals surface area contributed by atoms with Crippen LogP contribution in [0.15, 0.2) is 36.5 Å². The molecule has 128 valence electrons. The summed E-state index contributed by atoms with van der Waals surface area (Å²) >= 11 is 0. The van der Waals surface area contributed by atoms with E-state index in [-0.39, 0.29) is 11.9 Å². The van der Waals surface area contributed by atoms with Gasteiger partial charge in [0.15, 0.2) is 5.69 Å². The van der Waals surface area contributed by atoms with Crippen molar-refractivity contribution in [1.82, 2.24) is 25.3 Å². The molecule has 1 aliphatic carbocycles. The van der Waals surface area contributed by atoms with E-state index in [1.165, 1.54) is 0 Å². The first-order valence-corrected chi connectivity index (χ1v) is 8.62. The molecule has 1 amide bonds. The molecule has 4 rings (SSSR count). The number of nitrogens with one attached hydrogen (secondary N) is 2. The Hall–Kier alpha value is -2.89. The number of para-hydroxylation sites is 1. The number of rotatable bonds is 4. The van der Waals surface area contributed by atoms with Gasteiger partial charge in [0.2, 0.25) is 0 Å². The standard InChI is InChI=1S/C19H21N5O/c1-12-6-3-4-8-16(12)24-17-9-5-7-14(17)18(23-24)19(25)21-13(2)15-10-11-20-22-15/h3-4,6,8,10-11,13H,5,7,9H2,1-2H3,(H,20,22)(H,21,25). The summed E-state index contributed by atoms with van der Waals surface area (Å²) in [5.74, 6) is -0.132. The molecule has 0 saturated carbocycles. The van der Waals surface area contributed by atoms with Gasteiger partial charge in [-0.05, 0) is 50.8 Å². The van der Waals surface area contributed by atoms with Crippen molar-refractivity contribution in [2.24, 2.45) is 0 Å². The lowest BCUT2D eigenvalue weighted by atomic mass is 10.1. The third-order valence-corrected chi connectivity index (χ3v) is 4.83. The number of amides is 1. The van der Waals surface area contributed by atoms with E-state index in [9.17, 15) is 4.79 Å². The molecule has 0 bridgehead atoms. The number of aryl methyl sites for hydroxylation is 1. The van der Waals surface area contributed by atoms with Gasteiger partial charge in [0.1, 0.15) is 0 Å². The van der Waals surface area contributed by atoms with E-state index >= 15 is 0 Å². The van der Waals surface area contributed by atoms with Crippen LogP contribution >= 0.6 is 0 Å². The summed E-state index contributed by atoms with van der Waals surface area (Å²) in [5.41, 5.74) is 5.86. The molecule has 3 aromatic rings. The highest BCUT2D eigenvalue weighted by Gasteiger charge is 2.28. The van der Waals surface area contributed by atoms with E-state index in [4.69, 9.17) is 0 Å². The second-order valence-electron chi connectivity index (χ2n) is 6.53. The largest absolute Gasteiger partial charge is 0.343 e. The first-order valence-electron chi connectivity index (χ1n) is 8.62. The highest BCUT2D eigenvalue weighted by molar-refractivity contribution is 5.94. The number of hydrogen-bond donors (Lipinski definition) is 2. The zero-order valence-corrected chi connectivity index (χ0v) is 14.4. The molecule has 2 N–H and O–H groups in total. The van der Waals surface area contributed by atoms with Gasteiger partial charge in [-0.3, -0.25) is 9.89 Å². The van der Waals surface area contributed by atoms with Crippen LogP contribution in [-0.4, -0.2) is 25.9 Å². The van der Waals surface area contributed by atoms with Crippen LogP contribution in [-0.2, 0) is 12.8 Å². The quantitative estimate of drug-likeness (QED) is 0.770. The van der Waals surface area contributed by atoms with E-state index in [1.807, 2.05) is 29.8 Å². The topological polar surface area (TPSA) is 75.6 Å². The number of hydrogen-bond acceptors (Lipinski definition) is 3. The number of H-pyrrole nitrogens is 1. The summed E-state index contributed by atoms with van der Waals surface area (Å²) in [6, 6.07) is 9.86. The van der Waals surface area contributed by atoms with Gasteiger partial charge in [0.25, 0.3) is 5.91 Å². The number of carbonyl (C=O) groups excluding carboxylic acids is 1. The molecule has 0 radical (unpaired) electrons. The van der Waals surface area contributed by atoms with Gasteiger partial charge in [0.05, 0.1) is 17.4 Å². The molecule has 6 heteroatoms. The van der Waals surface area contributed by atoms with Crippen molar-refractivity contribution in [2.45, 2.75) is 39.2 Å². The van der Waals surface area contributed by atoms with Crippen LogP contribution in [0.3, 0.4) is 0 Å². The average Bonchev–Trinajstić information content (AvgIpc) is 3.33. The molecule has 2 heterocycles. The molecule has 25 heavy (non-hydrogen) atoms. The first-order chi connectivity index (χ1) is 12.1. The fourth-order valence-electron chi connectivity index (χ4n) is 3.47. The number of aromatic nitrogens is 4. The minimum Gasteiger partial charge on any atom is -0.343 e. The molecule has 0 fully saturated rings. The molecule has 0 saturated heterocycles. The van der Waals surface area contributed by atoms with Crippen molar-refractivity contribution in [1.29, 1.82) is 0 Å². The Labute approximate surface area is 146 Å². The number of aromatic amines is 1. The summed E-state index contributed by atoms with van der Waals surface area (Å²) in [4.78, 5) is 12.8. The maximum Gasteiger partial charge on any atom is 0.272 e. The van der Waals surface area contributed by atoms with Crippen LogP contribution in [0, 0.1) is 6.92 Å². The zero-order chi connectivity index (χ0) is 17.4. The molecule has 1 atom stereocenters. The third-order valence-electron chi connectivity index (χ3n) is 4.83. The van der Waals surface area contributed by atoms with Gasteiger partial charge in [-0.1, -0.05) is 18.2 Å². The summed E-state index contributed by atoms with van der Waals surface area (Å²) in [6.07, 6.45) is 4.61. The molecule has 1 aliphatic rings. The Morgan fingerprint density at radius 2 is 2.12 bits per heavy atom. The van der Waals surface area contributed by atoms with Gasteiger partial charge in [-0.15, -0.1) is 0 Å². The number of fused-ring (bicyclic) bond motifs is 1. The van der Waals surface area contributed by atoms with Gasteiger partial charge < -0.3 is 5.32 Å². The number of benzene rings is 1.